The maximum Gasteiger partial charge on any atom is 0.259 e. The van der Waals surface area contributed by atoms with Gasteiger partial charge in [0.15, 0.2) is 0 Å². The third-order valence-corrected chi connectivity index (χ3v) is 4.59. The molecular weight excluding hydrogens is 332 g/mol. The van der Waals surface area contributed by atoms with Crippen LogP contribution in [0.2, 0.25) is 0 Å². The normalized spacial score (nSPS) is 16.4. The third-order valence-electron chi connectivity index (χ3n) is 4.59. The molecule has 3 rings (SSSR count). The van der Waals surface area contributed by atoms with Gasteiger partial charge in [-0.2, -0.15) is 0 Å². The quantitative estimate of drug-likeness (QED) is 0.793. The molecule has 0 saturated carbocycles. The molecule has 0 aliphatic carbocycles. The molecule has 0 spiro atoms. The Morgan fingerprint density at radius 2 is 2.12 bits per heavy atom. The van der Waals surface area contributed by atoms with Crippen molar-refractivity contribution in [2.24, 2.45) is 0 Å². The van der Waals surface area contributed by atoms with Crippen LogP contribution in [0.4, 0.5) is 0 Å². The molecule has 1 atom stereocenters. The number of methoxy groups -OCH3 is 2. The van der Waals surface area contributed by atoms with Crippen LogP contribution in [0.25, 0.3) is 0 Å². The Labute approximate surface area is 153 Å². The summed E-state index contributed by atoms with van der Waals surface area (Å²) in [5, 5.41) is 0. The highest BCUT2D eigenvalue weighted by Crippen LogP contribution is 2.40. The van der Waals surface area contributed by atoms with E-state index in [1.165, 1.54) is 0 Å². The lowest BCUT2D eigenvalue weighted by atomic mass is 10.0. The van der Waals surface area contributed by atoms with Crippen molar-refractivity contribution in [1.29, 1.82) is 0 Å². The van der Waals surface area contributed by atoms with Crippen molar-refractivity contribution >= 4 is 5.91 Å². The third kappa shape index (κ3) is 3.45. The zero-order valence-electron chi connectivity index (χ0n) is 15.4. The molecular formula is C20H24N2O4. The number of ether oxygens (including phenoxy) is 3. The molecule has 138 valence electrons. The van der Waals surface area contributed by atoms with Crippen LogP contribution in [0, 0.1) is 0 Å². The number of carbonyl (C=O) groups is 1. The summed E-state index contributed by atoms with van der Waals surface area (Å²) in [4.78, 5) is 19.3. The van der Waals surface area contributed by atoms with E-state index in [4.69, 9.17) is 14.2 Å². The number of amides is 1. The van der Waals surface area contributed by atoms with Crippen molar-refractivity contribution in [3.63, 3.8) is 0 Å². The van der Waals surface area contributed by atoms with Crippen LogP contribution in [-0.4, -0.2) is 43.2 Å². The first kappa shape index (κ1) is 18.0. The van der Waals surface area contributed by atoms with E-state index in [0.717, 1.165) is 29.9 Å². The zero-order valence-corrected chi connectivity index (χ0v) is 15.4. The van der Waals surface area contributed by atoms with E-state index in [0.29, 0.717) is 24.6 Å². The highest BCUT2D eigenvalue weighted by atomic mass is 16.5. The Morgan fingerprint density at radius 3 is 2.85 bits per heavy atom. The summed E-state index contributed by atoms with van der Waals surface area (Å²) in [7, 11) is 3.27. The van der Waals surface area contributed by atoms with Crippen LogP contribution in [0.5, 0.6) is 17.4 Å². The predicted molar refractivity (Wildman–Crippen MR) is 98.0 cm³/mol. The Bertz CT molecular complexity index is 778. The number of rotatable bonds is 6. The van der Waals surface area contributed by atoms with Gasteiger partial charge in [0.2, 0.25) is 5.88 Å². The minimum atomic E-state index is -0.0751. The molecule has 1 aliphatic heterocycles. The van der Waals surface area contributed by atoms with Crippen molar-refractivity contribution in [3.8, 4) is 17.4 Å². The lowest BCUT2D eigenvalue weighted by Crippen LogP contribution is -2.31. The average molecular weight is 356 g/mol. The Balaban J connectivity index is 1.95. The lowest BCUT2D eigenvalue weighted by Gasteiger charge is -2.27. The van der Waals surface area contributed by atoms with Crippen LogP contribution in [0.15, 0.2) is 36.5 Å². The first-order valence-electron chi connectivity index (χ1n) is 8.80. The molecule has 26 heavy (non-hydrogen) atoms. The van der Waals surface area contributed by atoms with E-state index in [1.807, 2.05) is 30.0 Å². The van der Waals surface area contributed by atoms with Gasteiger partial charge in [0.1, 0.15) is 17.1 Å². The molecule has 1 amide bonds. The van der Waals surface area contributed by atoms with Gasteiger partial charge in [-0.05, 0) is 50.1 Å². The van der Waals surface area contributed by atoms with Crippen LogP contribution >= 0.6 is 0 Å². The van der Waals surface area contributed by atoms with Gasteiger partial charge in [0, 0.05) is 18.3 Å². The molecule has 2 heterocycles. The van der Waals surface area contributed by atoms with Gasteiger partial charge in [-0.25, -0.2) is 4.98 Å². The van der Waals surface area contributed by atoms with Crippen molar-refractivity contribution in [1.82, 2.24) is 9.88 Å². The van der Waals surface area contributed by atoms with Crippen LogP contribution in [0.3, 0.4) is 0 Å². The molecule has 0 bridgehead atoms. The van der Waals surface area contributed by atoms with E-state index in [9.17, 15) is 4.79 Å². The maximum absolute atomic E-state index is 13.2. The second-order valence-electron chi connectivity index (χ2n) is 6.05. The molecule has 0 unspecified atom stereocenters. The molecule has 0 N–H and O–H groups in total. The predicted octanol–water partition coefficient (Wildman–Crippen LogP) is 3.47. The van der Waals surface area contributed by atoms with Crippen LogP contribution in [0.1, 0.15) is 41.7 Å². The van der Waals surface area contributed by atoms with E-state index >= 15 is 0 Å². The summed E-state index contributed by atoms with van der Waals surface area (Å²) in [6.07, 6.45) is 3.44. The van der Waals surface area contributed by atoms with Gasteiger partial charge in [-0.15, -0.1) is 0 Å². The van der Waals surface area contributed by atoms with E-state index in [2.05, 4.69) is 4.98 Å². The first-order chi connectivity index (χ1) is 12.7. The summed E-state index contributed by atoms with van der Waals surface area (Å²) < 4.78 is 16.4. The van der Waals surface area contributed by atoms with E-state index in [1.54, 1.807) is 32.5 Å². The van der Waals surface area contributed by atoms with Crippen molar-refractivity contribution in [3.05, 3.63) is 47.7 Å². The Hall–Kier alpha value is -2.76. The molecule has 6 heteroatoms. The largest absolute Gasteiger partial charge is 0.497 e. The highest BCUT2D eigenvalue weighted by Gasteiger charge is 2.34. The number of pyridine rings is 1. The standard InChI is InChI=1S/C20H24N2O4/c1-4-26-19-15(7-5-11-21-19)20(23)22-12-6-8-17(22)16-13-14(24-2)9-10-18(16)25-3/h5,7,9-11,13,17H,4,6,8,12H2,1-3H3/t17-/m0/s1. The molecule has 1 saturated heterocycles. The molecule has 1 fully saturated rings. The minimum Gasteiger partial charge on any atom is -0.497 e. The molecule has 1 aromatic heterocycles. The van der Waals surface area contributed by atoms with Gasteiger partial charge in [0.05, 0.1) is 26.9 Å². The Morgan fingerprint density at radius 1 is 1.27 bits per heavy atom. The molecule has 1 aromatic carbocycles. The van der Waals surface area contributed by atoms with Gasteiger partial charge < -0.3 is 19.1 Å². The van der Waals surface area contributed by atoms with Crippen LogP contribution in [-0.2, 0) is 0 Å². The fraction of sp³-hybridized carbons (Fsp3) is 0.400. The molecule has 1 aliphatic rings. The van der Waals surface area contributed by atoms with Crippen molar-refractivity contribution < 1.29 is 19.0 Å². The number of hydrogen-bond acceptors (Lipinski definition) is 5. The average Bonchev–Trinajstić information content (AvgIpc) is 3.17. The summed E-state index contributed by atoms with van der Waals surface area (Å²) >= 11 is 0. The zero-order chi connectivity index (χ0) is 18.5. The SMILES string of the molecule is CCOc1ncccc1C(=O)N1CCC[C@H]1c1cc(OC)ccc1OC. The van der Waals surface area contributed by atoms with E-state index < -0.39 is 0 Å². The fourth-order valence-electron chi connectivity index (χ4n) is 3.39. The number of hydrogen-bond donors (Lipinski definition) is 0. The number of likely N-dealkylation sites (tertiary alicyclic amines) is 1. The maximum atomic E-state index is 13.2. The Kier molecular flexibility index (Phi) is 5.61. The summed E-state index contributed by atoms with van der Waals surface area (Å²) in [5.41, 5.74) is 1.45. The smallest absolute Gasteiger partial charge is 0.259 e. The van der Waals surface area contributed by atoms with Gasteiger partial charge >= 0.3 is 0 Å². The molecule has 2 aromatic rings. The topological polar surface area (TPSA) is 60.9 Å². The summed E-state index contributed by atoms with van der Waals surface area (Å²) in [6.45, 7) is 3.03. The molecule has 6 nitrogen and oxygen atoms in total. The lowest BCUT2D eigenvalue weighted by molar-refractivity contribution is 0.0729. The summed E-state index contributed by atoms with van der Waals surface area (Å²) in [5.74, 6) is 1.81. The summed E-state index contributed by atoms with van der Waals surface area (Å²) in [6, 6.07) is 9.14. The van der Waals surface area contributed by atoms with Crippen molar-refractivity contribution in [2.75, 3.05) is 27.4 Å². The highest BCUT2D eigenvalue weighted by molar-refractivity contribution is 5.96. The second kappa shape index (κ2) is 8.08. The number of nitrogens with zero attached hydrogens (tertiary/aromatic N) is 2. The van der Waals surface area contributed by atoms with Gasteiger partial charge in [0.25, 0.3) is 5.91 Å². The number of aromatic nitrogens is 1. The monoisotopic (exact) mass is 356 g/mol. The van der Waals surface area contributed by atoms with Crippen LogP contribution < -0.4 is 14.2 Å². The van der Waals surface area contributed by atoms with Gasteiger partial charge in [-0.3, -0.25) is 4.79 Å². The number of carbonyl (C=O) groups excluding carboxylic acids is 1. The first-order valence-corrected chi connectivity index (χ1v) is 8.80. The second-order valence-corrected chi connectivity index (χ2v) is 6.05. The van der Waals surface area contributed by atoms with Gasteiger partial charge in [-0.1, -0.05) is 0 Å². The number of benzene rings is 1. The fourth-order valence-corrected chi connectivity index (χ4v) is 3.39. The van der Waals surface area contributed by atoms with Crippen molar-refractivity contribution in [2.45, 2.75) is 25.8 Å². The molecule has 0 radical (unpaired) electrons. The van der Waals surface area contributed by atoms with E-state index in [-0.39, 0.29) is 11.9 Å². The minimum absolute atomic E-state index is 0.0674.